The second-order valence-electron chi connectivity index (χ2n) is 28.9. The number of carboxylic acid groups (broad SMARTS) is 1. The molecule has 19 nitrogen and oxygen atoms in total. The fraction of sp³-hybridized carbons (Fsp3) is 0.258. The van der Waals surface area contributed by atoms with E-state index in [2.05, 4.69) is 15.7 Å². The highest BCUT2D eigenvalue weighted by atomic mass is 35.5. The van der Waals surface area contributed by atoms with Gasteiger partial charge >= 0.3 is 39.1 Å². The summed E-state index contributed by atoms with van der Waals surface area (Å²) in [5, 5.41) is 66.4. The molecule has 0 aliphatic heterocycles. The number of fused-ring (bicyclic) bond motifs is 1. The number of rotatable bonds is 30. The molecule has 2 unspecified atom stereocenters. The van der Waals surface area contributed by atoms with Crippen LogP contribution in [0.25, 0.3) is 11.0 Å². The van der Waals surface area contributed by atoms with Crippen LogP contribution in [0, 0.1) is 17.8 Å². The Morgan fingerprint density at radius 1 is 0.430 bits per heavy atom. The monoisotopic (exact) mass is 1760 g/mol. The third-order valence-electron chi connectivity index (χ3n) is 17.7. The molecule has 0 saturated carbocycles. The van der Waals surface area contributed by atoms with Gasteiger partial charge in [-0.2, -0.15) is 0 Å². The fourth-order valence-corrected chi connectivity index (χ4v) is 12.6. The first-order valence-electron chi connectivity index (χ1n) is 39.2. The molecule has 0 amide bonds. The number of hydrogen-bond acceptors (Lipinski definition) is 18. The zero-order valence-electron chi connectivity index (χ0n) is 68.8. The molecule has 10 aromatic carbocycles. The minimum atomic E-state index is -0.930. The van der Waals surface area contributed by atoms with Gasteiger partial charge in [0.05, 0.1) is 22.6 Å². The van der Waals surface area contributed by atoms with Crippen LogP contribution in [0.3, 0.4) is 0 Å². The van der Waals surface area contributed by atoms with Crippen LogP contribution in [0.1, 0.15) is 133 Å². The number of aliphatic carboxylic acids is 1. The van der Waals surface area contributed by atoms with Crippen molar-refractivity contribution in [2.24, 2.45) is 17.8 Å². The van der Waals surface area contributed by atoms with Crippen molar-refractivity contribution in [1.29, 1.82) is 0 Å². The summed E-state index contributed by atoms with van der Waals surface area (Å²) in [5.74, 6) is -0.672. The molecule has 1 aromatic heterocycles. The number of ether oxygens (including phenoxy) is 2. The Bertz CT molecular complexity index is 5070. The van der Waals surface area contributed by atoms with Crippen LogP contribution in [0.15, 0.2) is 264 Å². The predicted octanol–water partition coefficient (Wildman–Crippen LogP) is 20.2. The first-order valence-corrected chi connectivity index (χ1v) is 41.5. The Labute approximate surface area is 739 Å². The van der Waals surface area contributed by atoms with Crippen LogP contribution >= 0.6 is 69.6 Å². The van der Waals surface area contributed by atoms with Crippen molar-refractivity contribution in [3.63, 3.8) is 0 Å². The molecular weight excluding hydrogens is 1660 g/mol. The van der Waals surface area contributed by atoms with E-state index in [9.17, 15) is 48.7 Å². The van der Waals surface area contributed by atoms with Crippen LogP contribution in [0.2, 0.25) is 45.6 Å². The maximum absolute atomic E-state index is 13.3. The molecular formula is C93H102B3Cl6N3O16. The van der Waals surface area contributed by atoms with Crippen molar-refractivity contribution in [2.75, 3.05) is 0 Å². The number of ketones is 2. The zero-order valence-corrected chi connectivity index (χ0v) is 73.4. The van der Waals surface area contributed by atoms with E-state index >= 15 is 0 Å². The topological polar surface area (TPSA) is 309 Å². The Morgan fingerprint density at radius 2 is 0.843 bits per heavy atom. The number of carbonyl (C=O) groups excluding carboxylic acids is 5. The summed E-state index contributed by atoms with van der Waals surface area (Å²) in [6.45, 7) is 16.0. The molecule has 11 rings (SSSR count). The normalized spacial score (nSPS) is 11.2. The molecule has 0 fully saturated rings. The summed E-state index contributed by atoms with van der Waals surface area (Å²) in [5.41, 5.74) is 7.11. The second-order valence-corrected chi connectivity index (χ2v) is 31.5. The third kappa shape index (κ3) is 39.2. The number of phenolic OH excluding ortho intramolecular Hbond substituents is 2. The molecule has 1 heterocycles. The van der Waals surface area contributed by atoms with Gasteiger partial charge in [0.1, 0.15) is 46.4 Å². The number of halogens is 6. The molecule has 3 atom stereocenters. The molecule has 121 heavy (non-hydrogen) atoms. The van der Waals surface area contributed by atoms with Crippen molar-refractivity contribution < 1.29 is 73.0 Å². The molecule has 28 heteroatoms. The molecule has 9 N–H and O–H groups in total. The molecule has 0 aliphatic carbocycles. The van der Waals surface area contributed by atoms with Gasteiger partial charge in [0, 0.05) is 74.9 Å². The lowest BCUT2D eigenvalue weighted by Crippen LogP contribution is -2.49. The molecule has 636 valence electrons. The quantitative estimate of drug-likeness (QED) is 0.00664. The van der Waals surface area contributed by atoms with Gasteiger partial charge in [-0.3, -0.25) is 28.8 Å². The van der Waals surface area contributed by atoms with Gasteiger partial charge in [0.2, 0.25) is 5.24 Å². The standard InChI is InChI=1S/C21H25BClNO4.C21H23BClNO3.2C15H13ClO2.C9H9ClO.C6H14BNO3.C6H5ClO/c1-14(2)20(24-22(3)27)21(26)28-19-13-16(23)10-11-17(19)18(25)12-9-15-7-5-4-6-8-15;1-13(2)19(24-22(3)26)21-17(11-14-7-5-4-6-8-14)20(25)16-10-9-15(23)12-18(16)27-21;16-13-7-4-8-14(11-13)18-15(17)10-9-12-5-2-1-3-6-12;16-12-7-8-13(15(18)10-12)14(17)9-6-11-4-2-1-3-5-11;10-9(11)7-6-8-4-2-1-3-5-8;1-4(2)5(6(9)10)8-7(3)11;7-5-2-1-3-6(8)4-5/h4-8,10-11,13-14,20,24,27H,9,12H2,1-3H3;4-10,12-13,19,24,26H,11H2,1-3H3;1-8,11H,9-10H2;1-5,7-8,10,18H,6,9H2;1-5H,6-7H2;4-5,8,11H,1-3H3,(H,9,10);1-4,8H/t;;;;;5-;/m.....1./s1. The van der Waals surface area contributed by atoms with E-state index in [1.54, 1.807) is 106 Å². The van der Waals surface area contributed by atoms with Gasteiger partial charge in [0.15, 0.2) is 17.0 Å². The first-order chi connectivity index (χ1) is 57.6. The lowest BCUT2D eigenvalue weighted by atomic mass is 9.83. The number of hydrogen-bond donors (Lipinski definition) is 9. The Hall–Kier alpha value is -9.88. The lowest BCUT2D eigenvalue weighted by molar-refractivity contribution is -0.140. The van der Waals surface area contributed by atoms with E-state index < -0.39 is 45.2 Å². The second kappa shape index (κ2) is 54.5. The summed E-state index contributed by atoms with van der Waals surface area (Å²) < 4.78 is 16.9. The van der Waals surface area contributed by atoms with E-state index in [1.165, 1.54) is 31.8 Å². The Morgan fingerprint density at radius 3 is 1.26 bits per heavy atom. The summed E-state index contributed by atoms with van der Waals surface area (Å²) in [7, 11) is -2.38. The average molecular weight is 1760 g/mol. The fourth-order valence-electron chi connectivity index (χ4n) is 11.6. The molecule has 0 spiro atoms. The Kier molecular flexibility index (Phi) is 45.8. The number of aryl methyl sites for hydroxylation is 4. The predicted molar refractivity (Wildman–Crippen MR) is 489 cm³/mol. The van der Waals surface area contributed by atoms with Gasteiger partial charge in [-0.05, 0) is 182 Å². The molecule has 0 bridgehead atoms. The van der Waals surface area contributed by atoms with E-state index in [0.717, 1.165) is 34.2 Å². The Balaban J connectivity index is 0.000000261. The van der Waals surface area contributed by atoms with E-state index in [0.29, 0.717) is 109 Å². The largest absolute Gasteiger partial charge is 0.508 e. The maximum atomic E-state index is 13.3. The number of aromatic hydroxyl groups is 2. The molecule has 0 saturated heterocycles. The van der Waals surface area contributed by atoms with Crippen molar-refractivity contribution in [3.8, 4) is 23.0 Å². The van der Waals surface area contributed by atoms with Crippen molar-refractivity contribution in [2.45, 2.75) is 138 Å². The molecule has 0 aliphatic rings. The van der Waals surface area contributed by atoms with Gasteiger partial charge in [-0.25, -0.2) is 4.79 Å². The smallest absolute Gasteiger partial charge is 0.374 e. The van der Waals surface area contributed by atoms with E-state index in [4.69, 9.17) is 98.7 Å². The van der Waals surface area contributed by atoms with Crippen LogP contribution < -0.4 is 30.6 Å². The number of benzene rings is 10. The number of carbonyl (C=O) groups is 6. The summed E-state index contributed by atoms with van der Waals surface area (Å²) >= 11 is 34.4. The van der Waals surface area contributed by atoms with Crippen molar-refractivity contribution >= 4 is 136 Å². The average Bonchev–Trinajstić information content (AvgIpc) is 0.768. The van der Waals surface area contributed by atoms with Crippen molar-refractivity contribution in [3.05, 3.63) is 340 Å². The van der Waals surface area contributed by atoms with Crippen LogP contribution in [0.4, 0.5) is 0 Å². The highest BCUT2D eigenvalue weighted by Gasteiger charge is 2.30. The van der Waals surface area contributed by atoms with E-state index in [-0.39, 0.29) is 75.7 Å². The molecule has 0 radical (unpaired) electrons. The summed E-state index contributed by atoms with van der Waals surface area (Å²) in [6, 6.07) is 74.9. The molecule has 11 aromatic rings. The summed E-state index contributed by atoms with van der Waals surface area (Å²) in [4.78, 5) is 83.1. The third-order valence-corrected chi connectivity index (χ3v) is 19.1. The SMILES string of the molecule is CB(O)NC(C(=O)Oc1cc(Cl)ccc1C(=O)CCc1ccccc1)C(C)C.CB(O)NC(c1oc2cc(Cl)ccc2c(=O)c1Cc1ccccc1)C(C)C.CB(O)N[C@@H](C(=O)O)C(C)C.O=C(CCc1ccccc1)Oc1cccc(Cl)c1.O=C(CCc1ccccc1)c1ccc(Cl)cc1O.O=C(Cl)CCc1ccccc1.Oc1cccc(Cl)c1. The number of esters is 2. The minimum absolute atomic E-state index is 0.0258. The van der Waals surface area contributed by atoms with Gasteiger partial charge in [-0.1, -0.05) is 263 Å². The zero-order chi connectivity index (χ0) is 89.1. The van der Waals surface area contributed by atoms with Crippen LogP contribution in [-0.2, 0) is 51.3 Å². The van der Waals surface area contributed by atoms with Crippen LogP contribution in [0.5, 0.6) is 23.0 Å². The first kappa shape index (κ1) is 102. The summed E-state index contributed by atoms with van der Waals surface area (Å²) in [6.07, 6.45) is 4.58. The number of nitrogens with one attached hydrogen (secondary N) is 3. The van der Waals surface area contributed by atoms with Crippen LogP contribution in [-0.4, -0.2) is 98.3 Å². The van der Waals surface area contributed by atoms with E-state index in [1.807, 2.05) is 179 Å². The van der Waals surface area contributed by atoms with Gasteiger partial charge in [0.25, 0.3) is 0 Å². The minimum Gasteiger partial charge on any atom is -0.508 e. The van der Waals surface area contributed by atoms with Gasteiger partial charge < -0.3 is 60.0 Å². The highest BCUT2D eigenvalue weighted by Crippen LogP contribution is 2.32. The number of phenols is 2. The van der Waals surface area contributed by atoms with Crippen molar-refractivity contribution in [1.82, 2.24) is 15.7 Å². The highest BCUT2D eigenvalue weighted by molar-refractivity contribution is 6.63. The lowest BCUT2D eigenvalue weighted by Gasteiger charge is -2.24. The number of Topliss-reactive ketones (excluding diaryl/α,β-unsaturated/α-hetero) is 2. The van der Waals surface area contributed by atoms with Gasteiger partial charge in [-0.15, -0.1) is 0 Å². The maximum Gasteiger partial charge on any atom is 0.374 e. The number of carboxylic acids is 1.